The third-order valence-corrected chi connectivity index (χ3v) is 2.99. The van der Waals surface area contributed by atoms with Gasteiger partial charge in [-0.25, -0.2) is 14.8 Å². The molecule has 0 aliphatic heterocycles. The number of carbonyl (C=O) groups is 1. The molecular weight excluding hydrogens is 266 g/mol. The molecule has 0 saturated heterocycles. The van der Waals surface area contributed by atoms with Crippen molar-refractivity contribution in [2.45, 2.75) is 0 Å². The van der Waals surface area contributed by atoms with E-state index in [4.69, 9.17) is 0 Å². The number of hydrogen-bond acceptors (Lipinski definition) is 4. The molecule has 5 nitrogen and oxygen atoms in total. The average molecular weight is 277 g/mol. The highest BCUT2D eigenvalue weighted by atomic mass is 16.4. The monoisotopic (exact) mass is 277 g/mol. The molecule has 0 aliphatic carbocycles. The first-order chi connectivity index (χ1) is 10.3. The van der Waals surface area contributed by atoms with Gasteiger partial charge in [-0.15, -0.1) is 0 Å². The van der Waals surface area contributed by atoms with Crippen molar-refractivity contribution in [2.24, 2.45) is 0 Å². The minimum Gasteiger partial charge on any atom is -0.478 e. The number of hydrogen-bond donors (Lipinski definition) is 1. The first-order valence-corrected chi connectivity index (χ1v) is 6.32. The smallest absolute Gasteiger partial charge is 0.339 e. The van der Waals surface area contributed by atoms with E-state index in [2.05, 4.69) is 15.0 Å². The van der Waals surface area contributed by atoms with Crippen LogP contribution < -0.4 is 0 Å². The Kier molecular flexibility index (Phi) is 3.39. The molecule has 0 unspecified atom stereocenters. The van der Waals surface area contributed by atoms with Crippen LogP contribution in [0.4, 0.5) is 0 Å². The predicted octanol–water partition coefficient (Wildman–Crippen LogP) is 2.90. The fraction of sp³-hybridized carbons (Fsp3) is 0. The number of carboxylic acids is 1. The fourth-order valence-corrected chi connectivity index (χ4v) is 1.99. The van der Waals surface area contributed by atoms with Crippen LogP contribution in [0.3, 0.4) is 0 Å². The molecule has 0 bridgehead atoms. The largest absolute Gasteiger partial charge is 0.478 e. The molecule has 0 radical (unpaired) electrons. The van der Waals surface area contributed by atoms with Crippen molar-refractivity contribution in [3.8, 4) is 22.6 Å². The van der Waals surface area contributed by atoms with Crippen LogP contribution in [0.2, 0.25) is 0 Å². The van der Waals surface area contributed by atoms with Gasteiger partial charge in [0, 0.05) is 29.7 Å². The summed E-state index contributed by atoms with van der Waals surface area (Å²) in [6.07, 6.45) is 4.64. The lowest BCUT2D eigenvalue weighted by Crippen LogP contribution is -2.04. The predicted molar refractivity (Wildman–Crippen MR) is 77.7 cm³/mol. The van der Waals surface area contributed by atoms with Crippen LogP contribution in [0.15, 0.2) is 61.1 Å². The Balaban J connectivity index is 2.18. The van der Waals surface area contributed by atoms with Gasteiger partial charge < -0.3 is 5.11 Å². The Morgan fingerprint density at radius 3 is 2.38 bits per heavy atom. The van der Waals surface area contributed by atoms with E-state index in [-0.39, 0.29) is 5.56 Å². The molecule has 0 atom stereocenters. The number of rotatable bonds is 3. The zero-order valence-electron chi connectivity index (χ0n) is 11.0. The molecule has 2 heterocycles. The number of benzene rings is 1. The van der Waals surface area contributed by atoms with E-state index in [0.717, 1.165) is 11.1 Å². The number of aromatic carboxylic acids is 1. The quantitative estimate of drug-likeness (QED) is 0.796. The molecule has 0 aliphatic rings. The maximum absolute atomic E-state index is 11.4. The summed E-state index contributed by atoms with van der Waals surface area (Å²) < 4.78 is 0. The summed E-state index contributed by atoms with van der Waals surface area (Å²) in [4.78, 5) is 23.9. The van der Waals surface area contributed by atoms with Gasteiger partial charge in [0.25, 0.3) is 0 Å². The zero-order chi connectivity index (χ0) is 14.7. The lowest BCUT2D eigenvalue weighted by Gasteiger charge is -2.07. The molecule has 0 amide bonds. The number of aromatic nitrogens is 3. The topological polar surface area (TPSA) is 76.0 Å². The Morgan fingerprint density at radius 2 is 1.71 bits per heavy atom. The van der Waals surface area contributed by atoms with Gasteiger partial charge in [0.1, 0.15) is 5.56 Å². The van der Waals surface area contributed by atoms with Gasteiger partial charge in [-0.1, -0.05) is 30.3 Å². The molecule has 1 aromatic carbocycles. The van der Waals surface area contributed by atoms with Crippen LogP contribution in [0.5, 0.6) is 0 Å². The van der Waals surface area contributed by atoms with Crippen LogP contribution >= 0.6 is 0 Å². The number of carboxylic acid groups (broad SMARTS) is 1. The highest BCUT2D eigenvalue weighted by Gasteiger charge is 2.15. The molecule has 1 N–H and O–H groups in total. The van der Waals surface area contributed by atoms with E-state index in [0.29, 0.717) is 11.5 Å². The summed E-state index contributed by atoms with van der Waals surface area (Å²) in [5.74, 6) is -0.599. The Morgan fingerprint density at radius 1 is 0.952 bits per heavy atom. The second-order valence-electron chi connectivity index (χ2n) is 4.37. The minimum absolute atomic E-state index is 0.0776. The minimum atomic E-state index is -1.05. The Labute approximate surface area is 121 Å². The first-order valence-electron chi connectivity index (χ1n) is 6.32. The molecule has 0 spiro atoms. The van der Waals surface area contributed by atoms with Gasteiger partial charge in [-0.05, 0) is 12.1 Å². The van der Waals surface area contributed by atoms with Crippen molar-refractivity contribution in [3.05, 3.63) is 66.6 Å². The average Bonchev–Trinajstić information content (AvgIpc) is 2.56. The highest BCUT2D eigenvalue weighted by molar-refractivity contribution is 5.94. The summed E-state index contributed by atoms with van der Waals surface area (Å²) in [5, 5.41) is 9.30. The Hall–Kier alpha value is -3.08. The fourth-order valence-electron chi connectivity index (χ4n) is 1.99. The molecule has 21 heavy (non-hydrogen) atoms. The summed E-state index contributed by atoms with van der Waals surface area (Å²) in [6.45, 7) is 0. The standard InChI is InChI=1S/C16H11N3O2/c20-16(21)13-10-18-15(12-7-4-8-17-9-12)19-14(13)11-5-2-1-3-6-11/h1-10H,(H,20,21). The maximum atomic E-state index is 11.4. The second-order valence-corrected chi connectivity index (χ2v) is 4.37. The van der Waals surface area contributed by atoms with E-state index in [1.54, 1.807) is 18.5 Å². The molecule has 0 fully saturated rings. The van der Waals surface area contributed by atoms with Crippen LogP contribution in [-0.4, -0.2) is 26.0 Å². The summed E-state index contributed by atoms with van der Waals surface area (Å²) >= 11 is 0. The maximum Gasteiger partial charge on any atom is 0.339 e. The van der Waals surface area contributed by atoms with Crippen molar-refractivity contribution in [3.63, 3.8) is 0 Å². The summed E-state index contributed by atoms with van der Waals surface area (Å²) in [6, 6.07) is 12.8. The van der Waals surface area contributed by atoms with Crippen LogP contribution in [0, 0.1) is 0 Å². The molecule has 102 valence electrons. The van der Waals surface area contributed by atoms with Crippen LogP contribution in [0.1, 0.15) is 10.4 Å². The molecule has 0 saturated carbocycles. The lowest BCUT2D eigenvalue weighted by molar-refractivity contribution is 0.0697. The van der Waals surface area contributed by atoms with Crippen molar-refractivity contribution in [1.82, 2.24) is 15.0 Å². The van der Waals surface area contributed by atoms with Gasteiger partial charge >= 0.3 is 5.97 Å². The summed E-state index contributed by atoms with van der Waals surface area (Å²) in [5.41, 5.74) is 1.96. The van der Waals surface area contributed by atoms with E-state index in [9.17, 15) is 9.90 Å². The number of nitrogens with zero attached hydrogens (tertiary/aromatic N) is 3. The van der Waals surface area contributed by atoms with Crippen LogP contribution in [0.25, 0.3) is 22.6 Å². The van der Waals surface area contributed by atoms with E-state index in [1.807, 2.05) is 36.4 Å². The van der Waals surface area contributed by atoms with E-state index >= 15 is 0 Å². The van der Waals surface area contributed by atoms with Crippen molar-refractivity contribution < 1.29 is 9.90 Å². The second kappa shape index (κ2) is 5.50. The normalized spacial score (nSPS) is 10.3. The molecular formula is C16H11N3O2. The third-order valence-electron chi connectivity index (χ3n) is 2.99. The van der Waals surface area contributed by atoms with E-state index in [1.165, 1.54) is 6.20 Å². The molecule has 2 aromatic heterocycles. The van der Waals surface area contributed by atoms with Gasteiger partial charge in [0.2, 0.25) is 0 Å². The van der Waals surface area contributed by atoms with Crippen LogP contribution in [-0.2, 0) is 0 Å². The van der Waals surface area contributed by atoms with Crippen molar-refractivity contribution in [1.29, 1.82) is 0 Å². The summed E-state index contributed by atoms with van der Waals surface area (Å²) in [7, 11) is 0. The van der Waals surface area contributed by atoms with Gasteiger partial charge in [0.15, 0.2) is 5.82 Å². The van der Waals surface area contributed by atoms with E-state index < -0.39 is 5.97 Å². The van der Waals surface area contributed by atoms with Crippen molar-refractivity contribution in [2.75, 3.05) is 0 Å². The van der Waals surface area contributed by atoms with Crippen molar-refractivity contribution >= 4 is 5.97 Å². The molecule has 5 heteroatoms. The molecule has 3 rings (SSSR count). The van der Waals surface area contributed by atoms with Gasteiger partial charge in [0.05, 0.1) is 5.69 Å². The number of pyridine rings is 1. The third kappa shape index (κ3) is 2.62. The van der Waals surface area contributed by atoms with Gasteiger partial charge in [-0.3, -0.25) is 4.98 Å². The zero-order valence-corrected chi connectivity index (χ0v) is 11.0. The Bertz CT molecular complexity index is 774. The molecule has 3 aromatic rings. The lowest BCUT2D eigenvalue weighted by atomic mass is 10.1. The SMILES string of the molecule is O=C(O)c1cnc(-c2cccnc2)nc1-c1ccccc1. The highest BCUT2D eigenvalue weighted by Crippen LogP contribution is 2.24. The van der Waals surface area contributed by atoms with Gasteiger partial charge in [-0.2, -0.15) is 0 Å². The first kappa shape index (κ1) is 12.9.